The van der Waals surface area contributed by atoms with E-state index in [2.05, 4.69) is 51.7 Å². The number of nitrogens with one attached hydrogen (secondary N) is 3. The Balaban J connectivity index is 0.956. The van der Waals surface area contributed by atoms with E-state index in [9.17, 15) is 9.59 Å². The van der Waals surface area contributed by atoms with Crippen LogP contribution in [0.2, 0.25) is 0 Å². The predicted octanol–water partition coefficient (Wildman–Crippen LogP) is 8.08. The number of aromatic amines is 2. The van der Waals surface area contributed by atoms with Crippen molar-refractivity contribution in [2.24, 2.45) is 0 Å². The first-order valence-corrected chi connectivity index (χ1v) is 17.6. The van der Waals surface area contributed by atoms with E-state index in [1.165, 1.54) is 12.8 Å². The number of pyridine rings is 1. The molecule has 3 aliphatic heterocycles. The molecule has 3 N–H and O–H groups in total. The van der Waals surface area contributed by atoms with Crippen molar-refractivity contribution in [2.45, 2.75) is 48.5 Å². The number of hydrogen-bond acceptors (Lipinski definition) is 6. The number of fused-ring (bicyclic) bond motifs is 2. The minimum atomic E-state index is -0.361. The largest absolute Gasteiger partial charge is 0.445 e. The van der Waals surface area contributed by atoms with Gasteiger partial charge in [-0.15, -0.1) is 11.8 Å². The Morgan fingerprint density at radius 2 is 1.71 bits per heavy atom. The second-order valence-corrected chi connectivity index (χ2v) is 14.6. The molecule has 3 saturated heterocycles. The standard InChI is InChI=1S/C39H35N5O3S/c45-35-21-32(34-8-4-17-44(34)38(46)47-23-24-6-2-1-3-7-24)42-31-20-28(13-14-30(31)35)26-9-10-27-19-29(12-11-25(27)18-26)33-22-40-37(43-33)36-39(48-36)15-5-16-41-39/h1-3,6-7,9-14,18-22,34,36,41H,4-5,8,15-17,23H2,(H,40,43)(H,42,45). The third-order valence-corrected chi connectivity index (χ3v) is 11.7. The van der Waals surface area contributed by atoms with Crippen molar-refractivity contribution in [3.05, 3.63) is 124 Å². The number of nitrogens with zero attached hydrogens (tertiary/aromatic N) is 2. The zero-order valence-electron chi connectivity index (χ0n) is 26.4. The third kappa shape index (κ3) is 5.27. The number of imidazole rings is 1. The summed E-state index contributed by atoms with van der Waals surface area (Å²) in [6, 6.07) is 30.0. The SMILES string of the molecule is O=C(OCc1ccccc1)N1CCCC1c1cc(=O)c2ccc(-c3ccc4cc(-c5cnc(C6SC67CCCN7)[nH]5)ccc4c3)cc2[nH]1. The van der Waals surface area contributed by atoms with Crippen LogP contribution in [0.15, 0.2) is 102 Å². The normalized spacial score (nSPS) is 21.8. The fraction of sp³-hybridized carbons (Fsp3) is 0.256. The topological polar surface area (TPSA) is 103 Å². The maximum atomic E-state index is 13.3. The number of carbonyl (C=O) groups is 1. The summed E-state index contributed by atoms with van der Waals surface area (Å²) in [7, 11) is 0. The van der Waals surface area contributed by atoms with Gasteiger partial charge in [0.05, 0.1) is 33.6 Å². The predicted molar refractivity (Wildman–Crippen MR) is 191 cm³/mol. The first-order valence-electron chi connectivity index (χ1n) is 16.7. The van der Waals surface area contributed by atoms with Crippen LogP contribution in [-0.2, 0) is 11.3 Å². The molecule has 2 aromatic heterocycles. The number of rotatable bonds is 6. The molecule has 6 aromatic rings. The summed E-state index contributed by atoms with van der Waals surface area (Å²) in [6.07, 6.45) is 5.65. The van der Waals surface area contributed by atoms with E-state index in [1.807, 2.05) is 66.5 Å². The minimum absolute atomic E-state index is 0.0576. The van der Waals surface area contributed by atoms with Crippen LogP contribution in [0.5, 0.6) is 0 Å². The molecule has 4 aromatic carbocycles. The molecule has 240 valence electrons. The number of amides is 1. The molecule has 0 radical (unpaired) electrons. The molecule has 0 saturated carbocycles. The molecule has 5 heterocycles. The van der Waals surface area contributed by atoms with Crippen LogP contribution < -0.4 is 10.7 Å². The zero-order chi connectivity index (χ0) is 32.2. The molecule has 3 unspecified atom stereocenters. The number of carbonyl (C=O) groups excluding carboxylic acids is 1. The van der Waals surface area contributed by atoms with Crippen LogP contribution in [0.25, 0.3) is 44.1 Å². The highest BCUT2D eigenvalue weighted by atomic mass is 32.2. The average Bonchev–Trinajstić information content (AvgIpc) is 3.58. The fourth-order valence-corrected chi connectivity index (χ4v) is 8.81. The monoisotopic (exact) mass is 653 g/mol. The third-order valence-electron chi connectivity index (χ3n) is 10.1. The van der Waals surface area contributed by atoms with Crippen molar-refractivity contribution in [3.8, 4) is 22.4 Å². The van der Waals surface area contributed by atoms with Crippen molar-refractivity contribution in [2.75, 3.05) is 13.1 Å². The number of H-pyrrole nitrogens is 2. The Labute approximate surface area is 281 Å². The Hall–Kier alpha value is -4.86. The number of ether oxygens (including phenoxy) is 1. The van der Waals surface area contributed by atoms with Gasteiger partial charge in [0, 0.05) is 29.3 Å². The van der Waals surface area contributed by atoms with E-state index in [4.69, 9.17) is 9.72 Å². The molecule has 9 heteroatoms. The Kier molecular flexibility index (Phi) is 7.13. The minimum Gasteiger partial charge on any atom is -0.445 e. The molecule has 3 atom stereocenters. The smallest absolute Gasteiger partial charge is 0.410 e. The lowest BCUT2D eigenvalue weighted by Crippen LogP contribution is -2.32. The van der Waals surface area contributed by atoms with Gasteiger partial charge in [-0.25, -0.2) is 9.78 Å². The summed E-state index contributed by atoms with van der Waals surface area (Å²) < 4.78 is 5.64. The first-order chi connectivity index (χ1) is 23.5. The Bertz CT molecular complexity index is 2240. The molecule has 3 fully saturated rings. The van der Waals surface area contributed by atoms with E-state index >= 15 is 0 Å². The lowest BCUT2D eigenvalue weighted by atomic mass is 9.98. The van der Waals surface area contributed by atoms with E-state index in [-0.39, 0.29) is 29.0 Å². The highest BCUT2D eigenvalue weighted by Gasteiger charge is 2.59. The van der Waals surface area contributed by atoms with Crippen molar-refractivity contribution < 1.29 is 9.53 Å². The molecule has 9 rings (SSSR count). The summed E-state index contributed by atoms with van der Waals surface area (Å²) in [5, 5.41) is 6.98. The van der Waals surface area contributed by atoms with E-state index in [1.54, 1.807) is 11.0 Å². The maximum absolute atomic E-state index is 13.3. The second-order valence-electron chi connectivity index (χ2n) is 13.1. The van der Waals surface area contributed by atoms with Gasteiger partial charge in [0.1, 0.15) is 12.4 Å². The van der Waals surface area contributed by atoms with Crippen LogP contribution >= 0.6 is 11.8 Å². The summed E-state index contributed by atoms with van der Waals surface area (Å²) in [5.41, 5.74) is 6.62. The van der Waals surface area contributed by atoms with Crippen molar-refractivity contribution in [1.29, 1.82) is 0 Å². The van der Waals surface area contributed by atoms with Gasteiger partial charge < -0.3 is 20.0 Å². The lowest BCUT2D eigenvalue weighted by molar-refractivity contribution is 0.0915. The number of benzene rings is 4. The van der Waals surface area contributed by atoms with Gasteiger partial charge >= 0.3 is 6.09 Å². The van der Waals surface area contributed by atoms with Crippen LogP contribution in [0.3, 0.4) is 0 Å². The number of thioether (sulfide) groups is 1. The molecule has 1 amide bonds. The van der Waals surface area contributed by atoms with Gasteiger partial charge in [-0.2, -0.15) is 0 Å². The molecule has 3 aliphatic rings. The molecular weight excluding hydrogens is 619 g/mol. The first kappa shape index (κ1) is 29.3. The highest BCUT2D eigenvalue weighted by Crippen LogP contribution is 2.66. The van der Waals surface area contributed by atoms with E-state index < -0.39 is 0 Å². The Morgan fingerprint density at radius 3 is 2.54 bits per heavy atom. The lowest BCUT2D eigenvalue weighted by Gasteiger charge is -2.24. The fourth-order valence-electron chi connectivity index (χ4n) is 7.47. The second kappa shape index (κ2) is 11.7. The Morgan fingerprint density at radius 1 is 0.917 bits per heavy atom. The van der Waals surface area contributed by atoms with E-state index in [0.717, 1.165) is 75.1 Å². The van der Waals surface area contributed by atoms with Gasteiger partial charge in [0.25, 0.3) is 0 Å². The maximum Gasteiger partial charge on any atom is 0.410 e. The molecule has 1 spiro atoms. The average molecular weight is 654 g/mol. The van der Waals surface area contributed by atoms with Crippen LogP contribution in [0.1, 0.15) is 54.1 Å². The van der Waals surface area contributed by atoms with E-state index in [0.29, 0.717) is 17.2 Å². The van der Waals surface area contributed by atoms with Gasteiger partial charge in [-0.1, -0.05) is 60.7 Å². The summed E-state index contributed by atoms with van der Waals surface area (Å²) in [5.74, 6) is 1.06. The van der Waals surface area contributed by atoms with Crippen LogP contribution in [0.4, 0.5) is 4.79 Å². The van der Waals surface area contributed by atoms with Gasteiger partial charge in [0.2, 0.25) is 0 Å². The zero-order valence-corrected chi connectivity index (χ0v) is 27.2. The van der Waals surface area contributed by atoms with Crippen LogP contribution in [0, 0.1) is 0 Å². The quantitative estimate of drug-likeness (QED) is 0.157. The van der Waals surface area contributed by atoms with Crippen molar-refractivity contribution in [1.82, 2.24) is 25.2 Å². The summed E-state index contributed by atoms with van der Waals surface area (Å²) in [4.78, 5) is 40.1. The molecule has 48 heavy (non-hydrogen) atoms. The van der Waals surface area contributed by atoms with Gasteiger partial charge in [-0.3, -0.25) is 9.69 Å². The highest BCUT2D eigenvalue weighted by molar-refractivity contribution is 8.08. The molecule has 0 aliphatic carbocycles. The van der Waals surface area contributed by atoms with Gasteiger partial charge in [-0.05, 0) is 84.0 Å². The van der Waals surface area contributed by atoms with Gasteiger partial charge in [0.15, 0.2) is 5.43 Å². The number of hydrogen-bond donors (Lipinski definition) is 3. The molecule has 8 nitrogen and oxygen atoms in total. The molecular formula is C39H35N5O3S. The summed E-state index contributed by atoms with van der Waals surface area (Å²) in [6.45, 7) is 1.90. The molecule has 0 bridgehead atoms. The van der Waals surface area contributed by atoms with Crippen molar-refractivity contribution in [3.63, 3.8) is 0 Å². The van der Waals surface area contributed by atoms with Crippen LogP contribution in [-0.4, -0.2) is 43.9 Å². The van der Waals surface area contributed by atoms with Crippen molar-refractivity contribution >= 4 is 39.5 Å². The number of likely N-dealkylation sites (tertiary alicyclic amines) is 1. The summed E-state index contributed by atoms with van der Waals surface area (Å²) >= 11 is 1.98. The number of aromatic nitrogens is 3.